The van der Waals surface area contributed by atoms with Crippen LogP contribution < -0.4 is 0 Å². The zero-order valence-corrected chi connectivity index (χ0v) is 18.8. The third-order valence-corrected chi connectivity index (χ3v) is 6.73. The van der Waals surface area contributed by atoms with Gasteiger partial charge in [-0.05, 0) is 73.5 Å². The molecule has 1 nitrogen and oxygen atoms in total. The molecule has 0 aromatic heterocycles. The van der Waals surface area contributed by atoms with Crippen LogP contribution in [0, 0.1) is 51.7 Å². The molecular formula is C26H25F4NS. The van der Waals surface area contributed by atoms with Crippen LogP contribution in [0.2, 0.25) is 0 Å². The van der Waals surface area contributed by atoms with E-state index in [2.05, 4.69) is 18.8 Å². The largest absolute Gasteiger partial charge is 0.207 e. The second-order valence-electron chi connectivity index (χ2n) is 8.28. The highest BCUT2D eigenvalue weighted by Gasteiger charge is 2.26. The summed E-state index contributed by atoms with van der Waals surface area (Å²) in [5.41, 5.74) is 0.249. The van der Waals surface area contributed by atoms with E-state index < -0.39 is 28.2 Å². The van der Waals surface area contributed by atoms with Crippen molar-refractivity contribution < 1.29 is 17.6 Å². The predicted molar refractivity (Wildman–Crippen MR) is 119 cm³/mol. The summed E-state index contributed by atoms with van der Waals surface area (Å²) in [6.07, 6.45) is 8.37. The summed E-state index contributed by atoms with van der Waals surface area (Å²) < 4.78 is 57.4. The van der Waals surface area contributed by atoms with E-state index in [-0.39, 0.29) is 22.6 Å². The van der Waals surface area contributed by atoms with Gasteiger partial charge in [0.05, 0.1) is 4.90 Å². The van der Waals surface area contributed by atoms with Crippen molar-refractivity contribution in [2.24, 2.45) is 5.92 Å². The topological polar surface area (TPSA) is 23.8 Å². The van der Waals surface area contributed by atoms with Gasteiger partial charge in [-0.1, -0.05) is 44.4 Å². The quantitative estimate of drug-likeness (QED) is 0.143. The molecule has 0 saturated heterocycles. The molecule has 0 bridgehead atoms. The molecule has 0 amide bonds. The molecular weight excluding hydrogens is 434 g/mol. The molecule has 1 aliphatic rings. The zero-order chi connectivity index (χ0) is 23.1. The number of rotatable bonds is 6. The van der Waals surface area contributed by atoms with Crippen molar-refractivity contribution in [1.29, 1.82) is 5.26 Å². The van der Waals surface area contributed by atoms with Gasteiger partial charge in [0.2, 0.25) is 0 Å². The molecule has 2 aromatic carbocycles. The fourth-order valence-corrected chi connectivity index (χ4v) is 4.79. The van der Waals surface area contributed by atoms with Crippen molar-refractivity contribution in [2.45, 2.75) is 69.1 Å². The molecule has 1 fully saturated rings. The first-order chi connectivity index (χ1) is 15.4. The number of halogens is 4. The first-order valence-electron chi connectivity index (χ1n) is 11.0. The molecule has 2 aromatic rings. The first-order valence-corrected chi connectivity index (χ1v) is 11.8. The van der Waals surface area contributed by atoms with Gasteiger partial charge in [-0.15, -0.1) is 0 Å². The fourth-order valence-electron chi connectivity index (χ4n) is 4.39. The second-order valence-corrected chi connectivity index (χ2v) is 9.07. The molecule has 32 heavy (non-hydrogen) atoms. The molecule has 0 atom stereocenters. The molecule has 0 radical (unpaired) electrons. The SMILES string of the molecule is CCCCCC1CCC(c2c(F)cc(C#Cc3cc(F)c(SC#N)c(F)c3)cc2F)CC1. The highest BCUT2D eigenvalue weighted by Crippen LogP contribution is 2.39. The van der Waals surface area contributed by atoms with Crippen molar-refractivity contribution in [2.75, 3.05) is 0 Å². The summed E-state index contributed by atoms with van der Waals surface area (Å²) >= 11 is 0.384. The number of thioether (sulfide) groups is 1. The highest BCUT2D eigenvalue weighted by atomic mass is 32.2. The van der Waals surface area contributed by atoms with E-state index in [1.807, 2.05) is 0 Å². The number of benzene rings is 2. The summed E-state index contributed by atoms with van der Waals surface area (Å²) in [6, 6.07) is 4.36. The van der Waals surface area contributed by atoms with Crippen molar-refractivity contribution in [1.82, 2.24) is 0 Å². The van der Waals surface area contributed by atoms with Crippen LogP contribution in [0.3, 0.4) is 0 Å². The maximum Gasteiger partial charge on any atom is 0.142 e. The average molecular weight is 460 g/mol. The molecule has 0 unspecified atom stereocenters. The number of unbranched alkanes of at least 4 members (excludes halogenated alkanes) is 2. The average Bonchev–Trinajstić information content (AvgIpc) is 2.75. The normalized spacial score (nSPS) is 18.0. The monoisotopic (exact) mass is 459 g/mol. The van der Waals surface area contributed by atoms with Crippen molar-refractivity contribution in [3.05, 3.63) is 64.2 Å². The lowest BCUT2D eigenvalue weighted by Gasteiger charge is -2.29. The van der Waals surface area contributed by atoms with E-state index >= 15 is 0 Å². The van der Waals surface area contributed by atoms with Crippen LogP contribution in [0.4, 0.5) is 17.6 Å². The van der Waals surface area contributed by atoms with Crippen molar-refractivity contribution in [3.63, 3.8) is 0 Å². The van der Waals surface area contributed by atoms with Crippen molar-refractivity contribution >= 4 is 11.8 Å². The lowest BCUT2D eigenvalue weighted by atomic mass is 9.76. The molecule has 1 aliphatic carbocycles. The maximum atomic E-state index is 14.8. The minimum absolute atomic E-state index is 0.0218. The smallest absolute Gasteiger partial charge is 0.142 e. The van der Waals surface area contributed by atoms with E-state index in [9.17, 15) is 17.6 Å². The van der Waals surface area contributed by atoms with E-state index in [0.29, 0.717) is 17.7 Å². The number of hydrogen-bond donors (Lipinski definition) is 0. The Balaban J connectivity index is 1.72. The molecule has 1 saturated carbocycles. The van der Waals surface area contributed by atoms with E-state index in [0.717, 1.165) is 37.8 Å². The van der Waals surface area contributed by atoms with Crippen LogP contribution in [0.15, 0.2) is 29.2 Å². The predicted octanol–water partition coefficient (Wildman–Crippen LogP) is 8.07. The summed E-state index contributed by atoms with van der Waals surface area (Å²) in [7, 11) is 0. The van der Waals surface area contributed by atoms with Crippen molar-refractivity contribution in [3.8, 4) is 17.2 Å². The van der Waals surface area contributed by atoms with Crippen LogP contribution in [0.25, 0.3) is 0 Å². The highest BCUT2D eigenvalue weighted by molar-refractivity contribution is 8.03. The molecule has 0 N–H and O–H groups in total. The van der Waals surface area contributed by atoms with Gasteiger partial charge < -0.3 is 0 Å². The number of nitrogens with zero attached hydrogens (tertiary/aromatic N) is 1. The van der Waals surface area contributed by atoms with Gasteiger partial charge in [-0.3, -0.25) is 0 Å². The van der Waals surface area contributed by atoms with Gasteiger partial charge in [-0.25, -0.2) is 17.6 Å². The van der Waals surface area contributed by atoms with Crippen LogP contribution in [-0.2, 0) is 0 Å². The van der Waals surface area contributed by atoms with Crippen LogP contribution in [-0.4, -0.2) is 0 Å². The van der Waals surface area contributed by atoms with Crippen LogP contribution in [0.1, 0.15) is 80.9 Å². The summed E-state index contributed by atoms with van der Waals surface area (Å²) in [5, 5.41) is 10.2. The Morgan fingerprint density at radius 1 is 0.844 bits per heavy atom. The van der Waals surface area contributed by atoms with Gasteiger partial charge in [0.25, 0.3) is 0 Å². The Morgan fingerprint density at radius 2 is 1.38 bits per heavy atom. The molecule has 3 rings (SSSR count). The van der Waals surface area contributed by atoms with Gasteiger partial charge in [0.1, 0.15) is 28.7 Å². The lowest BCUT2D eigenvalue weighted by Crippen LogP contribution is -2.15. The van der Waals surface area contributed by atoms with E-state index in [4.69, 9.17) is 5.26 Å². The Kier molecular flexibility index (Phi) is 8.65. The van der Waals surface area contributed by atoms with Gasteiger partial charge in [0.15, 0.2) is 0 Å². The molecule has 0 aliphatic heterocycles. The maximum absolute atomic E-state index is 14.8. The zero-order valence-electron chi connectivity index (χ0n) is 18.0. The molecule has 6 heteroatoms. The third-order valence-electron chi connectivity index (χ3n) is 6.05. The lowest BCUT2D eigenvalue weighted by molar-refractivity contribution is 0.295. The summed E-state index contributed by atoms with van der Waals surface area (Å²) in [5.74, 6) is 2.58. The van der Waals surface area contributed by atoms with Gasteiger partial charge in [-0.2, -0.15) is 5.26 Å². The molecule has 0 spiro atoms. The number of nitriles is 1. The minimum Gasteiger partial charge on any atom is -0.207 e. The van der Waals surface area contributed by atoms with Gasteiger partial charge in [0, 0.05) is 16.7 Å². The Morgan fingerprint density at radius 3 is 1.88 bits per heavy atom. The Bertz CT molecular complexity index is 1010. The summed E-state index contributed by atoms with van der Waals surface area (Å²) in [6.45, 7) is 2.18. The Labute approximate surface area is 191 Å². The van der Waals surface area contributed by atoms with Gasteiger partial charge >= 0.3 is 0 Å². The number of thiocyanates is 1. The van der Waals surface area contributed by atoms with Crippen LogP contribution >= 0.6 is 11.8 Å². The van der Waals surface area contributed by atoms with Crippen LogP contribution in [0.5, 0.6) is 0 Å². The number of hydrogen-bond acceptors (Lipinski definition) is 2. The summed E-state index contributed by atoms with van der Waals surface area (Å²) in [4.78, 5) is -0.403. The minimum atomic E-state index is -0.904. The Hall–Kier alpha value is -2.44. The molecule has 0 heterocycles. The van der Waals surface area contributed by atoms with E-state index in [1.54, 1.807) is 5.40 Å². The fraction of sp³-hybridized carbons (Fsp3) is 0.423. The van der Waals surface area contributed by atoms with E-state index in [1.165, 1.54) is 37.8 Å². The third kappa shape index (κ3) is 6.08. The second kappa shape index (κ2) is 11.4. The first kappa shape index (κ1) is 24.2. The standard InChI is InChI=1S/C26H25F4NS/c1-2-3-4-5-17-8-10-20(11-9-17)25-21(27)12-18(13-22(25)28)6-7-19-14-23(29)26(32-16-31)24(30)15-19/h12-15,17,20H,2-5,8-11H2,1H3. The molecule has 168 valence electrons.